The maximum Gasteiger partial charge on any atom is 0.322 e. The number of amides is 2. The fraction of sp³-hybridized carbons (Fsp3) is 0.400. The van der Waals surface area contributed by atoms with E-state index in [0.29, 0.717) is 11.7 Å². The average molecular weight is 288 g/mol. The van der Waals surface area contributed by atoms with Crippen LogP contribution in [0.4, 0.5) is 0 Å². The van der Waals surface area contributed by atoms with E-state index in [1.165, 1.54) is 0 Å². The monoisotopic (exact) mass is 288 g/mol. The van der Waals surface area contributed by atoms with Gasteiger partial charge in [0.05, 0.1) is 13.1 Å². The highest BCUT2D eigenvalue weighted by Gasteiger charge is 2.06. The van der Waals surface area contributed by atoms with E-state index >= 15 is 0 Å². The number of carbonyl (C=O) groups excluding carboxylic acids is 2. The van der Waals surface area contributed by atoms with Crippen LogP contribution in [-0.4, -0.2) is 54.2 Å². The molecule has 0 aromatic carbocycles. The average Bonchev–Trinajstić information content (AvgIpc) is 2.37. The molecule has 0 aromatic rings. The zero-order chi connectivity index (χ0) is 14.7. The summed E-state index contributed by atoms with van der Waals surface area (Å²) in [5.41, 5.74) is 0. The third-order valence-corrected chi connectivity index (χ3v) is 1.99. The van der Waals surface area contributed by atoms with E-state index in [4.69, 9.17) is 17.3 Å². The van der Waals surface area contributed by atoms with Crippen LogP contribution >= 0.6 is 12.2 Å². The Hall–Kier alpha value is -2.16. The molecule has 0 aliphatic rings. The summed E-state index contributed by atoms with van der Waals surface area (Å²) in [5.74, 6) is -2.17. The Morgan fingerprint density at radius 3 is 2.05 bits per heavy atom. The molecule has 0 bridgehead atoms. The Morgan fingerprint density at radius 1 is 1.00 bits per heavy atom. The summed E-state index contributed by atoms with van der Waals surface area (Å²) >= 11 is 4.85. The van der Waals surface area contributed by atoms with E-state index in [2.05, 4.69) is 27.8 Å². The van der Waals surface area contributed by atoms with Gasteiger partial charge in [-0.25, -0.2) is 0 Å². The summed E-state index contributed by atoms with van der Waals surface area (Å²) in [7, 11) is 0. The first kappa shape index (κ1) is 16.8. The lowest BCUT2D eigenvalue weighted by Crippen LogP contribution is -2.45. The first-order chi connectivity index (χ1) is 8.95. The largest absolute Gasteiger partial charge is 0.480 e. The lowest BCUT2D eigenvalue weighted by molar-refractivity contribution is -0.137. The van der Waals surface area contributed by atoms with Crippen LogP contribution in [0.5, 0.6) is 0 Å². The number of rotatable bonds is 8. The number of carboxylic acid groups (broad SMARTS) is 1. The van der Waals surface area contributed by atoms with Crippen LogP contribution in [0.1, 0.15) is 0 Å². The van der Waals surface area contributed by atoms with Crippen molar-refractivity contribution >= 4 is 35.1 Å². The maximum atomic E-state index is 11.3. The number of carbonyl (C=O) groups is 3. The van der Waals surface area contributed by atoms with Crippen molar-refractivity contribution in [1.29, 1.82) is 0 Å². The highest BCUT2D eigenvalue weighted by molar-refractivity contribution is 7.80. The first-order valence-corrected chi connectivity index (χ1v) is 5.74. The van der Waals surface area contributed by atoms with E-state index in [1.54, 1.807) is 6.08 Å². The van der Waals surface area contributed by atoms with Crippen LogP contribution in [0.25, 0.3) is 0 Å². The van der Waals surface area contributed by atoms with Gasteiger partial charge in [0.25, 0.3) is 0 Å². The third-order valence-electron chi connectivity index (χ3n) is 1.70. The molecule has 0 spiro atoms. The smallest absolute Gasteiger partial charge is 0.322 e. The Kier molecular flexibility index (Phi) is 8.71. The Balaban J connectivity index is 3.69. The van der Waals surface area contributed by atoms with Gasteiger partial charge >= 0.3 is 5.97 Å². The van der Waals surface area contributed by atoms with Crippen LogP contribution in [0, 0.1) is 0 Å². The molecule has 0 aliphatic heterocycles. The molecule has 9 heteroatoms. The van der Waals surface area contributed by atoms with Crippen LogP contribution in [0.2, 0.25) is 0 Å². The van der Waals surface area contributed by atoms with E-state index in [0.717, 1.165) is 0 Å². The fourth-order valence-corrected chi connectivity index (χ4v) is 1.02. The Bertz CT molecular complexity index is 373. The van der Waals surface area contributed by atoms with Crippen molar-refractivity contribution < 1.29 is 19.5 Å². The lowest BCUT2D eigenvalue weighted by atomic mass is 10.5. The van der Waals surface area contributed by atoms with E-state index in [9.17, 15) is 14.4 Å². The third kappa shape index (κ3) is 10.7. The summed E-state index contributed by atoms with van der Waals surface area (Å²) in [5, 5.41) is 18.4. The lowest BCUT2D eigenvalue weighted by Gasteiger charge is -2.09. The Morgan fingerprint density at radius 2 is 1.53 bits per heavy atom. The number of aliphatic carboxylic acids is 1. The second kappa shape index (κ2) is 9.83. The molecule has 0 heterocycles. The molecule has 0 saturated heterocycles. The highest BCUT2D eigenvalue weighted by atomic mass is 32.1. The van der Waals surface area contributed by atoms with Crippen LogP contribution in [-0.2, 0) is 14.4 Å². The van der Waals surface area contributed by atoms with Crippen molar-refractivity contribution in [3.8, 4) is 0 Å². The highest BCUT2D eigenvalue weighted by Crippen LogP contribution is 1.71. The van der Waals surface area contributed by atoms with Gasteiger partial charge in [-0.15, -0.1) is 6.58 Å². The van der Waals surface area contributed by atoms with Gasteiger partial charge in [0.15, 0.2) is 5.11 Å². The molecule has 0 radical (unpaired) electrons. The summed E-state index contributed by atoms with van der Waals surface area (Å²) in [4.78, 5) is 32.5. The van der Waals surface area contributed by atoms with Crippen LogP contribution < -0.4 is 21.3 Å². The molecule has 5 N–H and O–H groups in total. The second-order valence-corrected chi connectivity index (χ2v) is 3.71. The van der Waals surface area contributed by atoms with Crippen LogP contribution in [0.15, 0.2) is 12.7 Å². The fourth-order valence-electron chi connectivity index (χ4n) is 0.866. The minimum atomic E-state index is -1.15. The van der Waals surface area contributed by atoms with Gasteiger partial charge in [-0.1, -0.05) is 6.08 Å². The normalized spacial score (nSPS) is 9.05. The maximum absolute atomic E-state index is 11.3. The summed E-state index contributed by atoms with van der Waals surface area (Å²) in [6.07, 6.45) is 1.61. The number of nitrogens with one attached hydrogen (secondary N) is 4. The molecule has 0 rings (SSSR count). The summed E-state index contributed by atoms with van der Waals surface area (Å²) in [6.45, 7) is 3.11. The summed E-state index contributed by atoms with van der Waals surface area (Å²) < 4.78 is 0. The molecule has 8 nitrogen and oxygen atoms in total. The van der Waals surface area contributed by atoms with E-state index in [1.807, 2.05) is 0 Å². The number of hydrogen-bond donors (Lipinski definition) is 5. The molecular weight excluding hydrogens is 272 g/mol. The van der Waals surface area contributed by atoms with Gasteiger partial charge in [-0.3, -0.25) is 14.4 Å². The molecule has 0 saturated carbocycles. The van der Waals surface area contributed by atoms with Gasteiger partial charge in [-0.05, 0) is 12.2 Å². The molecule has 0 fully saturated rings. The zero-order valence-electron chi connectivity index (χ0n) is 10.2. The number of hydrogen-bond acceptors (Lipinski definition) is 4. The summed E-state index contributed by atoms with van der Waals surface area (Å²) in [6, 6.07) is 0. The van der Waals surface area contributed by atoms with Crippen molar-refractivity contribution in [2.45, 2.75) is 0 Å². The van der Waals surface area contributed by atoms with Gasteiger partial charge in [-0.2, -0.15) is 0 Å². The quantitative estimate of drug-likeness (QED) is 0.258. The van der Waals surface area contributed by atoms with Crippen molar-refractivity contribution in [1.82, 2.24) is 21.3 Å². The molecule has 0 aliphatic carbocycles. The predicted molar refractivity (Wildman–Crippen MR) is 72.5 cm³/mol. The molecule has 0 unspecified atom stereocenters. The molecule has 106 valence electrons. The first-order valence-electron chi connectivity index (χ1n) is 5.33. The van der Waals surface area contributed by atoms with Crippen molar-refractivity contribution in [2.75, 3.05) is 26.2 Å². The minimum Gasteiger partial charge on any atom is -0.480 e. The molecular formula is C10H16N4O4S. The van der Waals surface area contributed by atoms with Crippen molar-refractivity contribution in [3.05, 3.63) is 12.7 Å². The van der Waals surface area contributed by atoms with Gasteiger partial charge in [0, 0.05) is 6.54 Å². The second-order valence-electron chi connectivity index (χ2n) is 3.30. The molecule has 19 heavy (non-hydrogen) atoms. The predicted octanol–water partition coefficient (Wildman–Crippen LogP) is -2.05. The van der Waals surface area contributed by atoms with E-state index < -0.39 is 24.3 Å². The topological polar surface area (TPSA) is 120 Å². The molecule has 2 amide bonds. The van der Waals surface area contributed by atoms with Crippen molar-refractivity contribution in [2.24, 2.45) is 0 Å². The van der Waals surface area contributed by atoms with Gasteiger partial charge in [0.1, 0.15) is 6.54 Å². The standard InChI is InChI=1S/C10H16N4O4S/c1-2-3-11-10(19)14-5-8(16)12-4-7(15)13-6-9(17)18/h2H,1,3-6H2,(H,12,16)(H,13,15)(H,17,18)(H2,11,14,19). The number of thiocarbonyl (C=S) groups is 1. The Labute approximate surface area is 115 Å². The number of carboxylic acids is 1. The van der Waals surface area contributed by atoms with E-state index in [-0.39, 0.29) is 13.1 Å². The van der Waals surface area contributed by atoms with Crippen LogP contribution in [0.3, 0.4) is 0 Å². The SMILES string of the molecule is C=CCNC(=S)NCC(=O)NCC(=O)NCC(=O)O. The van der Waals surface area contributed by atoms with Crippen molar-refractivity contribution in [3.63, 3.8) is 0 Å². The molecule has 0 aromatic heterocycles. The van der Waals surface area contributed by atoms with Gasteiger partial charge in [0.2, 0.25) is 11.8 Å². The zero-order valence-corrected chi connectivity index (χ0v) is 11.0. The minimum absolute atomic E-state index is 0.0881. The molecule has 0 atom stereocenters. The van der Waals surface area contributed by atoms with Gasteiger partial charge < -0.3 is 26.4 Å².